The minimum absolute atomic E-state index is 0.108. The van der Waals surface area contributed by atoms with Crippen molar-refractivity contribution in [1.29, 1.82) is 0 Å². The number of aromatic nitrogens is 1. The summed E-state index contributed by atoms with van der Waals surface area (Å²) in [6.45, 7) is 1.77. The van der Waals surface area contributed by atoms with E-state index < -0.39 is 18.1 Å². The highest BCUT2D eigenvalue weighted by Gasteiger charge is 2.43. The lowest BCUT2D eigenvalue weighted by atomic mass is 9.80. The minimum Gasteiger partial charge on any atom is -0.480 e. The van der Waals surface area contributed by atoms with Gasteiger partial charge in [-0.3, -0.25) is 9.78 Å². The highest BCUT2D eigenvalue weighted by Crippen LogP contribution is 2.44. The van der Waals surface area contributed by atoms with Gasteiger partial charge >= 0.3 is 5.97 Å². The zero-order chi connectivity index (χ0) is 19.6. The molecule has 1 N–H and O–H groups in total. The molecule has 1 aliphatic rings. The van der Waals surface area contributed by atoms with Gasteiger partial charge in [-0.05, 0) is 42.7 Å². The maximum Gasteiger partial charge on any atom is 0.326 e. The summed E-state index contributed by atoms with van der Waals surface area (Å²) >= 11 is 12.2. The fourth-order valence-corrected chi connectivity index (χ4v) is 4.08. The Labute approximate surface area is 167 Å². The second-order valence-corrected chi connectivity index (χ2v) is 7.48. The first kappa shape index (κ1) is 19.6. The topological polar surface area (TPSA) is 70.5 Å². The lowest BCUT2D eigenvalue weighted by molar-refractivity contribution is -0.155. The van der Waals surface area contributed by atoms with E-state index in [-0.39, 0.29) is 18.2 Å². The van der Waals surface area contributed by atoms with Crippen molar-refractivity contribution in [2.75, 3.05) is 0 Å². The SMILES string of the molecule is CCC(C(=O)O)N1C(=O)CC[C@H](c2cccc(Cl)c2)[C@H]1c1ccc(Cl)cn1. The highest BCUT2D eigenvalue weighted by molar-refractivity contribution is 6.30. The molecular formula is C20H20Cl2N2O3. The molecule has 0 saturated carbocycles. The van der Waals surface area contributed by atoms with Gasteiger partial charge in [0.1, 0.15) is 6.04 Å². The van der Waals surface area contributed by atoms with Crippen molar-refractivity contribution >= 4 is 35.1 Å². The van der Waals surface area contributed by atoms with Gasteiger partial charge in [-0.2, -0.15) is 0 Å². The fraction of sp³-hybridized carbons (Fsp3) is 0.350. The molecule has 27 heavy (non-hydrogen) atoms. The second kappa shape index (κ2) is 8.28. The Hall–Kier alpha value is -2.11. The third-order valence-corrected chi connectivity index (χ3v) is 5.43. The maximum atomic E-state index is 12.8. The van der Waals surface area contributed by atoms with Crippen LogP contribution in [0.4, 0.5) is 0 Å². The molecular weight excluding hydrogens is 387 g/mol. The first-order valence-electron chi connectivity index (χ1n) is 8.83. The number of halogens is 2. The summed E-state index contributed by atoms with van der Waals surface area (Å²) in [6, 6.07) is 9.52. The van der Waals surface area contributed by atoms with Gasteiger partial charge in [-0.15, -0.1) is 0 Å². The lowest BCUT2D eigenvalue weighted by Gasteiger charge is -2.43. The van der Waals surface area contributed by atoms with Crippen LogP contribution in [0, 0.1) is 0 Å². The molecule has 1 aromatic carbocycles. The molecule has 1 saturated heterocycles. The number of carboxylic acids is 1. The van der Waals surface area contributed by atoms with Crippen LogP contribution in [0.5, 0.6) is 0 Å². The number of pyridine rings is 1. The molecule has 0 bridgehead atoms. The van der Waals surface area contributed by atoms with Crippen molar-refractivity contribution in [3.05, 3.63) is 63.9 Å². The van der Waals surface area contributed by atoms with Gasteiger partial charge in [-0.25, -0.2) is 4.79 Å². The van der Waals surface area contributed by atoms with Gasteiger partial charge in [0.2, 0.25) is 5.91 Å². The number of hydrogen-bond donors (Lipinski definition) is 1. The van der Waals surface area contributed by atoms with Crippen LogP contribution in [0.3, 0.4) is 0 Å². The van der Waals surface area contributed by atoms with Crippen molar-refractivity contribution in [3.8, 4) is 0 Å². The number of piperidine rings is 1. The number of amides is 1. The summed E-state index contributed by atoms with van der Waals surface area (Å²) in [4.78, 5) is 30.5. The molecule has 2 heterocycles. The molecule has 1 fully saturated rings. The van der Waals surface area contributed by atoms with E-state index in [9.17, 15) is 14.7 Å². The average molecular weight is 407 g/mol. The fourth-order valence-electron chi connectivity index (χ4n) is 3.77. The molecule has 0 aliphatic carbocycles. The Bertz CT molecular complexity index is 841. The number of rotatable bonds is 5. The molecule has 1 unspecified atom stereocenters. The molecule has 0 spiro atoms. The van der Waals surface area contributed by atoms with Gasteiger partial charge in [0.25, 0.3) is 0 Å². The molecule has 3 atom stereocenters. The number of likely N-dealkylation sites (tertiary alicyclic amines) is 1. The monoisotopic (exact) mass is 406 g/mol. The molecule has 1 aliphatic heterocycles. The van der Waals surface area contributed by atoms with Crippen LogP contribution in [0.15, 0.2) is 42.6 Å². The summed E-state index contributed by atoms with van der Waals surface area (Å²) in [5.41, 5.74) is 1.58. The Morgan fingerprint density at radius 2 is 2.07 bits per heavy atom. The van der Waals surface area contributed by atoms with Crippen LogP contribution < -0.4 is 0 Å². The molecule has 3 rings (SSSR count). The van der Waals surface area contributed by atoms with Crippen LogP contribution in [0.25, 0.3) is 0 Å². The smallest absolute Gasteiger partial charge is 0.326 e. The molecule has 7 heteroatoms. The summed E-state index contributed by atoms with van der Waals surface area (Å²) < 4.78 is 0. The van der Waals surface area contributed by atoms with E-state index in [4.69, 9.17) is 23.2 Å². The number of benzene rings is 1. The summed E-state index contributed by atoms with van der Waals surface area (Å²) in [6.07, 6.45) is 2.71. The molecule has 2 aromatic rings. The zero-order valence-electron chi connectivity index (χ0n) is 14.8. The van der Waals surface area contributed by atoms with Gasteiger partial charge in [0.15, 0.2) is 0 Å². The van der Waals surface area contributed by atoms with Crippen molar-refractivity contribution in [1.82, 2.24) is 9.88 Å². The Morgan fingerprint density at radius 3 is 2.67 bits per heavy atom. The third-order valence-electron chi connectivity index (χ3n) is 4.98. The normalized spacial score (nSPS) is 21.1. The number of carbonyl (C=O) groups excluding carboxylic acids is 1. The molecule has 1 aromatic heterocycles. The van der Waals surface area contributed by atoms with Crippen LogP contribution in [-0.4, -0.2) is 32.9 Å². The minimum atomic E-state index is -1.02. The second-order valence-electron chi connectivity index (χ2n) is 6.61. The van der Waals surface area contributed by atoms with Gasteiger partial charge in [0.05, 0.1) is 16.8 Å². The van der Waals surface area contributed by atoms with E-state index in [2.05, 4.69) is 4.98 Å². The Morgan fingerprint density at radius 1 is 1.30 bits per heavy atom. The van der Waals surface area contributed by atoms with E-state index in [1.165, 1.54) is 11.1 Å². The van der Waals surface area contributed by atoms with Crippen molar-refractivity contribution < 1.29 is 14.7 Å². The van der Waals surface area contributed by atoms with Crippen molar-refractivity contribution in [3.63, 3.8) is 0 Å². The average Bonchev–Trinajstić information content (AvgIpc) is 2.64. The van der Waals surface area contributed by atoms with Crippen LogP contribution >= 0.6 is 23.2 Å². The third kappa shape index (κ3) is 4.09. The largest absolute Gasteiger partial charge is 0.480 e. The van der Waals surface area contributed by atoms with Crippen LogP contribution in [-0.2, 0) is 9.59 Å². The first-order valence-corrected chi connectivity index (χ1v) is 9.58. The van der Waals surface area contributed by atoms with E-state index in [1.807, 2.05) is 18.2 Å². The summed E-state index contributed by atoms with van der Waals surface area (Å²) in [7, 11) is 0. The van der Waals surface area contributed by atoms with Crippen LogP contribution in [0.2, 0.25) is 10.0 Å². The number of aliphatic carboxylic acids is 1. The predicted molar refractivity (Wildman–Crippen MR) is 104 cm³/mol. The zero-order valence-corrected chi connectivity index (χ0v) is 16.3. The first-order chi connectivity index (χ1) is 12.9. The Kier molecular flexibility index (Phi) is 6.02. The summed E-state index contributed by atoms with van der Waals surface area (Å²) in [5, 5.41) is 10.8. The van der Waals surface area contributed by atoms with Gasteiger partial charge in [0, 0.05) is 23.6 Å². The van der Waals surface area contributed by atoms with E-state index in [0.29, 0.717) is 28.6 Å². The predicted octanol–water partition coefficient (Wildman–Crippen LogP) is 4.70. The number of nitrogens with zero attached hydrogens (tertiary/aromatic N) is 2. The highest BCUT2D eigenvalue weighted by atomic mass is 35.5. The van der Waals surface area contributed by atoms with E-state index in [1.54, 1.807) is 25.1 Å². The van der Waals surface area contributed by atoms with E-state index >= 15 is 0 Å². The standard InChI is InChI=1S/C20H20Cl2N2O3/c1-2-17(20(26)27)24-18(25)9-7-15(12-4-3-5-13(21)10-12)19(24)16-8-6-14(22)11-23-16/h3-6,8,10-11,15,17,19H,2,7,9H2,1H3,(H,26,27)/t15-,17?,19+/m1/s1. The van der Waals surface area contributed by atoms with E-state index in [0.717, 1.165) is 5.56 Å². The lowest BCUT2D eigenvalue weighted by Crippen LogP contribution is -2.51. The number of hydrogen-bond acceptors (Lipinski definition) is 3. The Balaban J connectivity index is 2.13. The molecule has 142 valence electrons. The summed E-state index contributed by atoms with van der Waals surface area (Å²) in [5.74, 6) is -1.30. The van der Waals surface area contributed by atoms with Crippen molar-refractivity contribution in [2.24, 2.45) is 0 Å². The van der Waals surface area contributed by atoms with Crippen molar-refractivity contribution in [2.45, 2.75) is 44.2 Å². The molecule has 5 nitrogen and oxygen atoms in total. The van der Waals surface area contributed by atoms with Gasteiger partial charge < -0.3 is 10.0 Å². The maximum absolute atomic E-state index is 12.8. The quantitative estimate of drug-likeness (QED) is 0.780. The molecule has 0 radical (unpaired) electrons. The molecule has 1 amide bonds. The number of carbonyl (C=O) groups is 2. The van der Waals surface area contributed by atoms with Gasteiger partial charge in [-0.1, -0.05) is 42.3 Å². The number of carboxylic acid groups (broad SMARTS) is 1. The van der Waals surface area contributed by atoms with Crippen LogP contribution in [0.1, 0.15) is 49.4 Å².